The van der Waals surface area contributed by atoms with E-state index in [-0.39, 0.29) is 6.10 Å². The lowest BCUT2D eigenvalue weighted by Crippen LogP contribution is -2.22. The first-order valence-electron chi connectivity index (χ1n) is 3.84. The molecular formula is C9H11NO. The quantitative estimate of drug-likeness (QED) is 0.515. The third-order valence-corrected chi connectivity index (χ3v) is 2.25. The molecule has 0 fully saturated rings. The first-order chi connectivity index (χ1) is 5.29. The molecule has 0 saturated heterocycles. The molecule has 58 valence electrons. The summed E-state index contributed by atoms with van der Waals surface area (Å²) in [6.45, 7) is 4.09. The van der Waals surface area contributed by atoms with Crippen molar-refractivity contribution >= 4 is 5.71 Å². The van der Waals surface area contributed by atoms with E-state index in [2.05, 4.69) is 30.3 Å². The maximum Gasteiger partial charge on any atom is 0.160 e. The van der Waals surface area contributed by atoms with Crippen LogP contribution in [0.25, 0.3) is 0 Å². The third kappa shape index (κ3) is 0.897. The molecule has 11 heavy (non-hydrogen) atoms. The number of oxime groups is 1. The van der Waals surface area contributed by atoms with Crippen LogP contribution in [0.15, 0.2) is 29.0 Å². The minimum Gasteiger partial charge on any atom is -0.387 e. The van der Waals surface area contributed by atoms with Crippen LogP contribution in [-0.4, -0.2) is 11.8 Å². The summed E-state index contributed by atoms with van der Waals surface area (Å²) < 4.78 is 0. The molecule has 0 aromatic carbocycles. The molecule has 2 atom stereocenters. The largest absolute Gasteiger partial charge is 0.387 e. The zero-order chi connectivity index (χ0) is 7.84. The van der Waals surface area contributed by atoms with Gasteiger partial charge in [-0.25, -0.2) is 0 Å². The summed E-state index contributed by atoms with van der Waals surface area (Å²) in [6.07, 6.45) is 6.48. The van der Waals surface area contributed by atoms with Crippen LogP contribution < -0.4 is 0 Å². The summed E-state index contributed by atoms with van der Waals surface area (Å²) >= 11 is 0. The van der Waals surface area contributed by atoms with Gasteiger partial charge in [-0.15, -0.1) is 0 Å². The molecule has 0 N–H and O–H groups in total. The lowest BCUT2D eigenvalue weighted by molar-refractivity contribution is 0.0966. The van der Waals surface area contributed by atoms with E-state index in [1.165, 1.54) is 5.57 Å². The molecule has 2 heteroatoms. The fraction of sp³-hybridized carbons (Fsp3) is 0.444. The van der Waals surface area contributed by atoms with Crippen LogP contribution in [0.1, 0.15) is 13.8 Å². The minimum absolute atomic E-state index is 0.181. The summed E-state index contributed by atoms with van der Waals surface area (Å²) in [7, 11) is 0. The molecule has 2 rings (SSSR count). The second-order valence-electron chi connectivity index (χ2n) is 3.08. The lowest BCUT2D eigenvalue weighted by atomic mass is 9.89. The van der Waals surface area contributed by atoms with Crippen molar-refractivity contribution in [2.24, 2.45) is 11.1 Å². The maximum absolute atomic E-state index is 5.25. The fourth-order valence-electron chi connectivity index (χ4n) is 1.51. The topological polar surface area (TPSA) is 21.6 Å². The lowest BCUT2D eigenvalue weighted by Gasteiger charge is -2.17. The van der Waals surface area contributed by atoms with E-state index in [0.29, 0.717) is 5.92 Å². The summed E-state index contributed by atoms with van der Waals surface area (Å²) in [5, 5.41) is 3.96. The summed E-state index contributed by atoms with van der Waals surface area (Å²) in [6, 6.07) is 0. The van der Waals surface area contributed by atoms with Gasteiger partial charge in [0.1, 0.15) is 0 Å². The Morgan fingerprint density at radius 1 is 1.45 bits per heavy atom. The molecule has 0 spiro atoms. The monoisotopic (exact) mass is 149 g/mol. The predicted octanol–water partition coefficient (Wildman–Crippen LogP) is 1.89. The van der Waals surface area contributed by atoms with E-state index < -0.39 is 0 Å². The zero-order valence-corrected chi connectivity index (χ0v) is 6.74. The Hall–Kier alpha value is -1.05. The number of nitrogens with zero attached hydrogens (tertiary/aromatic N) is 1. The van der Waals surface area contributed by atoms with Gasteiger partial charge < -0.3 is 4.84 Å². The number of hydrogen-bond donors (Lipinski definition) is 0. The van der Waals surface area contributed by atoms with E-state index in [4.69, 9.17) is 4.84 Å². The Kier molecular flexibility index (Phi) is 1.34. The van der Waals surface area contributed by atoms with Crippen molar-refractivity contribution in [3.63, 3.8) is 0 Å². The molecule has 1 aliphatic carbocycles. The van der Waals surface area contributed by atoms with Gasteiger partial charge in [0.05, 0.1) is 11.6 Å². The van der Waals surface area contributed by atoms with Crippen molar-refractivity contribution < 1.29 is 4.84 Å². The highest BCUT2D eigenvalue weighted by atomic mass is 16.6. The van der Waals surface area contributed by atoms with E-state index in [1.807, 2.05) is 6.92 Å². The summed E-state index contributed by atoms with van der Waals surface area (Å²) in [5.41, 5.74) is 2.34. The predicted molar refractivity (Wildman–Crippen MR) is 44.4 cm³/mol. The van der Waals surface area contributed by atoms with Crippen LogP contribution in [0.3, 0.4) is 0 Å². The van der Waals surface area contributed by atoms with Crippen molar-refractivity contribution in [1.29, 1.82) is 0 Å². The fourth-order valence-corrected chi connectivity index (χ4v) is 1.51. The van der Waals surface area contributed by atoms with E-state index in [1.54, 1.807) is 0 Å². The van der Waals surface area contributed by atoms with Crippen molar-refractivity contribution in [1.82, 2.24) is 0 Å². The standard InChI is InChI=1S/C9H11NO/c1-6-4-3-5-8-7(2)10-11-9(6)8/h3-5,8-9H,1-2H3. The van der Waals surface area contributed by atoms with E-state index >= 15 is 0 Å². The van der Waals surface area contributed by atoms with Crippen LogP contribution in [-0.2, 0) is 4.84 Å². The Morgan fingerprint density at radius 3 is 3.00 bits per heavy atom. The molecule has 0 aromatic heterocycles. The molecule has 0 amide bonds. The van der Waals surface area contributed by atoms with Gasteiger partial charge in [0.15, 0.2) is 6.10 Å². The van der Waals surface area contributed by atoms with Crippen molar-refractivity contribution in [2.45, 2.75) is 20.0 Å². The highest BCUT2D eigenvalue weighted by Crippen LogP contribution is 2.28. The second kappa shape index (κ2) is 2.22. The van der Waals surface area contributed by atoms with Gasteiger partial charge >= 0.3 is 0 Å². The summed E-state index contributed by atoms with van der Waals surface area (Å²) in [5.74, 6) is 0.389. The third-order valence-electron chi connectivity index (χ3n) is 2.25. The van der Waals surface area contributed by atoms with Gasteiger partial charge in [-0.3, -0.25) is 0 Å². The van der Waals surface area contributed by atoms with Gasteiger partial charge in [-0.1, -0.05) is 23.4 Å². The van der Waals surface area contributed by atoms with E-state index in [9.17, 15) is 0 Å². The van der Waals surface area contributed by atoms with Gasteiger partial charge in [-0.05, 0) is 19.4 Å². The molecule has 0 aromatic rings. The van der Waals surface area contributed by atoms with Crippen molar-refractivity contribution in [3.05, 3.63) is 23.8 Å². The Bertz CT molecular complexity index is 263. The molecule has 2 unspecified atom stereocenters. The molecule has 2 nitrogen and oxygen atoms in total. The first-order valence-corrected chi connectivity index (χ1v) is 3.84. The molecule has 0 bridgehead atoms. The van der Waals surface area contributed by atoms with Gasteiger partial charge in [0.25, 0.3) is 0 Å². The molecular weight excluding hydrogens is 138 g/mol. The number of rotatable bonds is 0. The number of hydrogen-bond acceptors (Lipinski definition) is 2. The Morgan fingerprint density at radius 2 is 2.27 bits per heavy atom. The first kappa shape index (κ1) is 6.65. The maximum atomic E-state index is 5.25. The molecule has 1 heterocycles. The number of allylic oxidation sites excluding steroid dienone is 2. The Balaban J connectivity index is 2.30. The SMILES string of the molecule is CC1=CC=CC2C(C)=NOC12. The van der Waals surface area contributed by atoms with E-state index in [0.717, 1.165) is 5.71 Å². The minimum atomic E-state index is 0.181. The highest BCUT2D eigenvalue weighted by molar-refractivity contribution is 5.88. The van der Waals surface area contributed by atoms with Crippen molar-refractivity contribution in [2.75, 3.05) is 0 Å². The zero-order valence-electron chi connectivity index (χ0n) is 6.74. The molecule has 1 aliphatic heterocycles. The second-order valence-corrected chi connectivity index (χ2v) is 3.08. The normalized spacial score (nSPS) is 34.0. The smallest absolute Gasteiger partial charge is 0.160 e. The Labute approximate surface area is 66.2 Å². The number of fused-ring (bicyclic) bond motifs is 1. The molecule has 0 radical (unpaired) electrons. The molecule has 0 saturated carbocycles. The van der Waals surface area contributed by atoms with Gasteiger partial charge in [0.2, 0.25) is 0 Å². The van der Waals surface area contributed by atoms with Crippen LogP contribution >= 0.6 is 0 Å². The van der Waals surface area contributed by atoms with Crippen LogP contribution in [0.5, 0.6) is 0 Å². The van der Waals surface area contributed by atoms with Gasteiger partial charge in [0, 0.05) is 0 Å². The van der Waals surface area contributed by atoms with Crippen LogP contribution in [0, 0.1) is 5.92 Å². The van der Waals surface area contributed by atoms with Crippen molar-refractivity contribution in [3.8, 4) is 0 Å². The highest BCUT2D eigenvalue weighted by Gasteiger charge is 2.31. The van der Waals surface area contributed by atoms with Crippen LogP contribution in [0.4, 0.5) is 0 Å². The average Bonchev–Trinajstić information content (AvgIpc) is 2.35. The summed E-state index contributed by atoms with van der Waals surface area (Å²) in [4.78, 5) is 5.25. The average molecular weight is 149 g/mol. The van der Waals surface area contributed by atoms with Crippen LogP contribution in [0.2, 0.25) is 0 Å². The van der Waals surface area contributed by atoms with Gasteiger partial charge in [-0.2, -0.15) is 0 Å². The molecule has 2 aliphatic rings.